The molecule has 20 heavy (non-hydrogen) atoms. The van der Waals surface area contributed by atoms with Gasteiger partial charge in [-0.05, 0) is 19.9 Å². The summed E-state index contributed by atoms with van der Waals surface area (Å²) in [5.74, 6) is 0.436. The number of rotatable bonds is 4. The molecule has 2 aromatic heterocycles. The molecule has 0 aliphatic rings. The molecule has 2 aromatic rings. The molecular formula is C14H18N4O2. The lowest BCUT2D eigenvalue weighted by Gasteiger charge is -2.09. The monoisotopic (exact) mass is 274 g/mol. The third-order valence-corrected chi connectivity index (χ3v) is 2.66. The van der Waals surface area contributed by atoms with Crippen LogP contribution in [0.3, 0.4) is 0 Å². The molecule has 0 spiro atoms. The van der Waals surface area contributed by atoms with E-state index in [9.17, 15) is 4.79 Å². The molecular weight excluding hydrogens is 256 g/mol. The van der Waals surface area contributed by atoms with Gasteiger partial charge >= 0.3 is 0 Å². The molecule has 2 heterocycles. The van der Waals surface area contributed by atoms with E-state index in [1.807, 2.05) is 13.8 Å². The SMILES string of the molecule is CC(C)Oc1ncnc2[nH]cc(C=CC(=O)N(C)C)c12. The zero-order valence-electron chi connectivity index (χ0n) is 12.0. The van der Waals surface area contributed by atoms with Gasteiger partial charge in [0, 0.05) is 31.9 Å². The second-order valence-corrected chi connectivity index (χ2v) is 4.88. The summed E-state index contributed by atoms with van der Waals surface area (Å²) in [5.41, 5.74) is 1.51. The largest absolute Gasteiger partial charge is 0.474 e. The number of ether oxygens (including phenoxy) is 1. The predicted molar refractivity (Wildman–Crippen MR) is 77.4 cm³/mol. The van der Waals surface area contributed by atoms with Gasteiger partial charge in [-0.1, -0.05) is 0 Å². The van der Waals surface area contributed by atoms with E-state index in [-0.39, 0.29) is 12.0 Å². The summed E-state index contributed by atoms with van der Waals surface area (Å²) in [4.78, 5) is 24.5. The van der Waals surface area contributed by atoms with Crippen molar-refractivity contribution >= 4 is 23.0 Å². The number of likely N-dealkylation sites (N-methyl/N-ethyl adjacent to an activating group) is 1. The van der Waals surface area contributed by atoms with Crippen LogP contribution in [-0.2, 0) is 4.79 Å². The Morgan fingerprint density at radius 1 is 1.40 bits per heavy atom. The highest BCUT2D eigenvalue weighted by molar-refractivity contribution is 5.96. The molecule has 0 atom stereocenters. The zero-order valence-corrected chi connectivity index (χ0v) is 12.0. The van der Waals surface area contributed by atoms with Crippen molar-refractivity contribution in [2.75, 3.05) is 14.1 Å². The summed E-state index contributed by atoms with van der Waals surface area (Å²) in [6.45, 7) is 3.87. The third kappa shape index (κ3) is 2.96. The molecule has 1 N–H and O–H groups in total. The first-order chi connectivity index (χ1) is 9.49. The van der Waals surface area contributed by atoms with E-state index < -0.39 is 0 Å². The van der Waals surface area contributed by atoms with Gasteiger partial charge in [-0.25, -0.2) is 9.97 Å². The van der Waals surface area contributed by atoms with E-state index in [1.54, 1.807) is 26.4 Å². The normalized spacial score (nSPS) is 11.4. The van der Waals surface area contributed by atoms with Crippen LogP contribution in [0.25, 0.3) is 17.1 Å². The van der Waals surface area contributed by atoms with E-state index in [4.69, 9.17) is 4.74 Å². The lowest BCUT2D eigenvalue weighted by atomic mass is 10.2. The number of hydrogen-bond donors (Lipinski definition) is 1. The molecule has 2 rings (SSSR count). The quantitative estimate of drug-likeness (QED) is 0.864. The predicted octanol–water partition coefficient (Wildman–Crippen LogP) is 1.85. The maximum absolute atomic E-state index is 11.6. The number of amides is 1. The highest BCUT2D eigenvalue weighted by atomic mass is 16.5. The summed E-state index contributed by atoms with van der Waals surface area (Å²) in [6, 6.07) is 0. The fourth-order valence-electron chi connectivity index (χ4n) is 1.71. The topological polar surface area (TPSA) is 71.1 Å². The Kier molecular flexibility index (Phi) is 4.02. The Balaban J connectivity index is 2.41. The second kappa shape index (κ2) is 5.73. The number of fused-ring (bicyclic) bond motifs is 1. The lowest BCUT2D eigenvalue weighted by molar-refractivity contribution is -0.123. The smallest absolute Gasteiger partial charge is 0.246 e. The highest BCUT2D eigenvalue weighted by Crippen LogP contribution is 2.26. The average Bonchev–Trinajstić information content (AvgIpc) is 2.79. The van der Waals surface area contributed by atoms with Gasteiger partial charge < -0.3 is 14.6 Å². The first-order valence-electron chi connectivity index (χ1n) is 6.37. The fourth-order valence-corrected chi connectivity index (χ4v) is 1.71. The molecule has 0 radical (unpaired) electrons. The van der Waals surface area contributed by atoms with Crippen LogP contribution in [-0.4, -0.2) is 46.0 Å². The maximum atomic E-state index is 11.6. The molecule has 1 amide bonds. The fraction of sp³-hybridized carbons (Fsp3) is 0.357. The van der Waals surface area contributed by atoms with Gasteiger partial charge in [0.15, 0.2) is 0 Å². The van der Waals surface area contributed by atoms with Crippen molar-refractivity contribution in [2.45, 2.75) is 20.0 Å². The summed E-state index contributed by atoms with van der Waals surface area (Å²) in [6.07, 6.45) is 6.50. The molecule has 106 valence electrons. The number of aromatic amines is 1. The number of nitrogens with zero attached hydrogens (tertiary/aromatic N) is 3. The Morgan fingerprint density at radius 2 is 2.15 bits per heavy atom. The van der Waals surface area contributed by atoms with Gasteiger partial charge in [0.2, 0.25) is 11.8 Å². The molecule has 6 heteroatoms. The summed E-state index contributed by atoms with van der Waals surface area (Å²) in [5, 5.41) is 0.781. The van der Waals surface area contributed by atoms with Gasteiger partial charge in [0.1, 0.15) is 12.0 Å². The van der Waals surface area contributed by atoms with Crippen LogP contribution in [0.2, 0.25) is 0 Å². The Bertz CT molecular complexity index is 644. The molecule has 0 saturated carbocycles. The number of carbonyl (C=O) groups is 1. The van der Waals surface area contributed by atoms with Gasteiger partial charge in [-0.2, -0.15) is 0 Å². The molecule has 0 unspecified atom stereocenters. The number of H-pyrrole nitrogens is 1. The Morgan fingerprint density at radius 3 is 2.80 bits per heavy atom. The average molecular weight is 274 g/mol. The van der Waals surface area contributed by atoms with Gasteiger partial charge in [-0.15, -0.1) is 0 Å². The van der Waals surface area contributed by atoms with Crippen molar-refractivity contribution in [3.8, 4) is 5.88 Å². The van der Waals surface area contributed by atoms with Crippen LogP contribution >= 0.6 is 0 Å². The first kappa shape index (κ1) is 14.0. The summed E-state index contributed by atoms with van der Waals surface area (Å²) < 4.78 is 5.68. The Labute approximate surface area is 117 Å². The summed E-state index contributed by atoms with van der Waals surface area (Å²) >= 11 is 0. The Hall–Kier alpha value is -2.37. The second-order valence-electron chi connectivity index (χ2n) is 4.88. The lowest BCUT2D eigenvalue weighted by Crippen LogP contribution is -2.18. The van der Waals surface area contributed by atoms with Crippen molar-refractivity contribution in [1.82, 2.24) is 19.9 Å². The van der Waals surface area contributed by atoms with Crippen LogP contribution in [0.15, 0.2) is 18.6 Å². The van der Waals surface area contributed by atoms with Crippen molar-refractivity contribution in [2.24, 2.45) is 0 Å². The summed E-state index contributed by atoms with van der Waals surface area (Å²) in [7, 11) is 3.41. The van der Waals surface area contributed by atoms with Crippen molar-refractivity contribution in [1.29, 1.82) is 0 Å². The molecule has 0 aliphatic carbocycles. The highest BCUT2D eigenvalue weighted by Gasteiger charge is 2.12. The van der Waals surface area contributed by atoms with Crippen LogP contribution in [0, 0.1) is 0 Å². The number of hydrogen-bond acceptors (Lipinski definition) is 4. The van der Waals surface area contributed by atoms with Gasteiger partial charge in [-0.3, -0.25) is 4.79 Å². The first-order valence-corrected chi connectivity index (χ1v) is 6.37. The van der Waals surface area contributed by atoms with E-state index >= 15 is 0 Å². The molecule has 0 saturated heterocycles. The van der Waals surface area contributed by atoms with Crippen molar-refractivity contribution in [3.05, 3.63) is 24.2 Å². The van der Waals surface area contributed by atoms with E-state index in [0.717, 1.165) is 10.9 Å². The minimum absolute atomic E-state index is 0.0169. The van der Waals surface area contributed by atoms with Crippen LogP contribution in [0.4, 0.5) is 0 Å². The van der Waals surface area contributed by atoms with E-state index in [1.165, 1.54) is 17.3 Å². The molecule has 6 nitrogen and oxygen atoms in total. The maximum Gasteiger partial charge on any atom is 0.246 e. The van der Waals surface area contributed by atoms with E-state index in [0.29, 0.717) is 11.5 Å². The number of aromatic nitrogens is 3. The van der Waals surface area contributed by atoms with Gasteiger partial charge in [0.25, 0.3) is 0 Å². The number of carbonyl (C=O) groups excluding carboxylic acids is 1. The van der Waals surface area contributed by atoms with Crippen LogP contribution in [0.5, 0.6) is 5.88 Å². The van der Waals surface area contributed by atoms with Crippen LogP contribution in [0.1, 0.15) is 19.4 Å². The zero-order chi connectivity index (χ0) is 14.7. The minimum atomic E-state index is -0.0810. The molecule has 0 bridgehead atoms. The minimum Gasteiger partial charge on any atom is -0.474 e. The van der Waals surface area contributed by atoms with E-state index in [2.05, 4.69) is 15.0 Å². The van der Waals surface area contributed by atoms with Crippen molar-refractivity contribution < 1.29 is 9.53 Å². The molecule has 0 aliphatic heterocycles. The number of nitrogens with one attached hydrogen (secondary N) is 1. The third-order valence-electron chi connectivity index (χ3n) is 2.66. The molecule has 0 fully saturated rings. The standard InChI is InChI=1S/C14H18N4O2/c1-9(2)20-14-12-10(5-6-11(19)18(3)4)7-15-13(12)16-8-17-14/h5-9H,1-4H3,(H,15,16,17). The van der Waals surface area contributed by atoms with Crippen molar-refractivity contribution in [3.63, 3.8) is 0 Å². The van der Waals surface area contributed by atoms with Gasteiger partial charge in [0.05, 0.1) is 11.5 Å². The van der Waals surface area contributed by atoms with Crippen LogP contribution < -0.4 is 4.74 Å². The molecule has 0 aromatic carbocycles.